The van der Waals surface area contributed by atoms with Crippen molar-refractivity contribution >= 4 is 34.3 Å². The lowest BCUT2D eigenvalue weighted by molar-refractivity contribution is 0.684. The van der Waals surface area contributed by atoms with E-state index in [-0.39, 0.29) is 0 Å². The summed E-state index contributed by atoms with van der Waals surface area (Å²) >= 11 is 9.73. The lowest BCUT2D eigenvalue weighted by Gasteiger charge is -2.04. The normalized spacial score (nSPS) is 11.0. The molecule has 0 radical (unpaired) electrons. The Balaban J connectivity index is 1.50. The minimum atomic E-state index is 0.805. The lowest BCUT2D eigenvalue weighted by Crippen LogP contribution is -2.16. The Morgan fingerprint density at radius 3 is 2.73 bits per heavy atom. The van der Waals surface area contributed by atoms with E-state index in [4.69, 9.17) is 11.6 Å². The van der Waals surface area contributed by atoms with Crippen LogP contribution in [0.1, 0.15) is 15.4 Å². The second-order valence-electron chi connectivity index (χ2n) is 5.05. The van der Waals surface area contributed by atoms with Gasteiger partial charge >= 0.3 is 0 Å². The molecule has 2 aromatic heterocycles. The van der Waals surface area contributed by atoms with Crippen LogP contribution in [0.15, 0.2) is 42.6 Å². The highest BCUT2D eigenvalue weighted by Crippen LogP contribution is 2.31. The standard InChI is InChI=1S/C17H17ClN2S2/c1-12-6-7-15(21-12)16-10-20-17(22-16)11-19-9-8-13-4-2-3-5-14(13)18/h2-7,10,19H,8-9,11H2,1H3. The number of thiophene rings is 1. The Labute approximate surface area is 143 Å². The minimum absolute atomic E-state index is 0.805. The number of hydrogen-bond donors (Lipinski definition) is 1. The predicted molar refractivity (Wildman–Crippen MR) is 97.0 cm³/mol. The molecule has 2 heterocycles. The highest BCUT2D eigenvalue weighted by molar-refractivity contribution is 7.21. The number of halogens is 1. The van der Waals surface area contributed by atoms with Crippen molar-refractivity contribution in [3.63, 3.8) is 0 Å². The van der Waals surface area contributed by atoms with E-state index in [2.05, 4.69) is 35.4 Å². The number of hydrogen-bond acceptors (Lipinski definition) is 4. The second-order valence-corrected chi connectivity index (χ2v) is 7.86. The van der Waals surface area contributed by atoms with Crippen LogP contribution in [0.25, 0.3) is 9.75 Å². The zero-order valence-electron chi connectivity index (χ0n) is 12.3. The van der Waals surface area contributed by atoms with Crippen LogP contribution in [0.5, 0.6) is 0 Å². The van der Waals surface area contributed by atoms with Gasteiger partial charge in [-0.3, -0.25) is 0 Å². The van der Waals surface area contributed by atoms with Crippen molar-refractivity contribution < 1.29 is 0 Å². The van der Waals surface area contributed by atoms with Gasteiger partial charge in [-0.1, -0.05) is 29.8 Å². The van der Waals surface area contributed by atoms with Gasteiger partial charge in [0.05, 0.1) is 4.88 Å². The van der Waals surface area contributed by atoms with Gasteiger partial charge in [0.15, 0.2) is 0 Å². The summed E-state index contributed by atoms with van der Waals surface area (Å²) in [5.74, 6) is 0. The third kappa shape index (κ3) is 3.96. The Morgan fingerprint density at radius 1 is 1.09 bits per heavy atom. The van der Waals surface area contributed by atoms with Crippen molar-refractivity contribution in [1.82, 2.24) is 10.3 Å². The topological polar surface area (TPSA) is 24.9 Å². The molecule has 114 valence electrons. The maximum Gasteiger partial charge on any atom is 0.107 e. The van der Waals surface area contributed by atoms with E-state index in [1.807, 2.05) is 35.7 Å². The molecule has 3 aromatic rings. The average molecular weight is 349 g/mol. The monoisotopic (exact) mass is 348 g/mol. The summed E-state index contributed by atoms with van der Waals surface area (Å²) < 4.78 is 0. The van der Waals surface area contributed by atoms with Crippen molar-refractivity contribution in [2.75, 3.05) is 6.54 Å². The van der Waals surface area contributed by atoms with E-state index < -0.39 is 0 Å². The van der Waals surface area contributed by atoms with E-state index >= 15 is 0 Å². The molecule has 0 bridgehead atoms. The molecule has 1 N–H and O–H groups in total. The summed E-state index contributed by atoms with van der Waals surface area (Å²) in [6.45, 7) is 3.84. The molecule has 0 amide bonds. The van der Waals surface area contributed by atoms with E-state index in [1.165, 1.54) is 20.2 Å². The summed E-state index contributed by atoms with van der Waals surface area (Å²) in [4.78, 5) is 8.39. The first-order chi connectivity index (χ1) is 10.7. The van der Waals surface area contributed by atoms with Gasteiger partial charge in [-0.05, 0) is 43.7 Å². The summed E-state index contributed by atoms with van der Waals surface area (Å²) in [5.41, 5.74) is 1.19. The molecular weight excluding hydrogens is 332 g/mol. The van der Waals surface area contributed by atoms with Crippen molar-refractivity contribution in [1.29, 1.82) is 0 Å². The molecule has 2 nitrogen and oxygen atoms in total. The first-order valence-electron chi connectivity index (χ1n) is 7.18. The summed E-state index contributed by atoms with van der Waals surface area (Å²) in [6.07, 6.45) is 2.91. The Bertz CT molecular complexity index is 748. The fraction of sp³-hybridized carbons (Fsp3) is 0.235. The van der Waals surface area contributed by atoms with Crippen molar-refractivity contribution in [2.24, 2.45) is 0 Å². The van der Waals surface area contributed by atoms with Crippen LogP contribution in [-0.4, -0.2) is 11.5 Å². The highest BCUT2D eigenvalue weighted by atomic mass is 35.5. The number of rotatable bonds is 6. The fourth-order valence-corrected chi connectivity index (χ4v) is 4.25. The van der Waals surface area contributed by atoms with Crippen molar-refractivity contribution in [3.05, 3.63) is 63.1 Å². The van der Waals surface area contributed by atoms with Gasteiger partial charge in [0.2, 0.25) is 0 Å². The molecule has 0 atom stereocenters. The molecule has 3 rings (SSSR count). The van der Waals surface area contributed by atoms with E-state index in [0.29, 0.717) is 0 Å². The fourth-order valence-electron chi connectivity index (χ4n) is 2.19. The van der Waals surface area contributed by atoms with Gasteiger partial charge in [0, 0.05) is 27.5 Å². The molecular formula is C17H17ClN2S2. The zero-order chi connectivity index (χ0) is 15.4. The van der Waals surface area contributed by atoms with Crippen LogP contribution in [0.4, 0.5) is 0 Å². The quantitative estimate of drug-likeness (QED) is 0.622. The van der Waals surface area contributed by atoms with Gasteiger partial charge in [0.1, 0.15) is 5.01 Å². The van der Waals surface area contributed by atoms with E-state index in [9.17, 15) is 0 Å². The zero-order valence-corrected chi connectivity index (χ0v) is 14.7. The van der Waals surface area contributed by atoms with Crippen LogP contribution in [0.3, 0.4) is 0 Å². The maximum atomic E-state index is 6.16. The van der Waals surface area contributed by atoms with Crippen LogP contribution in [0, 0.1) is 6.92 Å². The van der Waals surface area contributed by atoms with Crippen LogP contribution < -0.4 is 5.32 Å². The molecule has 22 heavy (non-hydrogen) atoms. The van der Waals surface area contributed by atoms with Crippen LogP contribution in [0.2, 0.25) is 5.02 Å². The van der Waals surface area contributed by atoms with Crippen molar-refractivity contribution in [3.8, 4) is 9.75 Å². The molecule has 0 aliphatic carbocycles. The molecule has 0 aliphatic heterocycles. The number of nitrogens with zero attached hydrogens (tertiary/aromatic N) is 1. The molecule has 0 saturated heterocycles. The Kier molecular flexibility index (Phi) is 5.26. The number of thiazole rings is 1. The van der Waals surface area contributed by atoms with E-state index in [1.54, 1.807) is 11.3 Å². The third-order valence-electron chi connectivity index (χ3n) is 3.34. The Hall–Kier alpha value is -1.20. The maximum absolute atomic E-state index is 6.16. The second kappa shape index (κ2) is 7.38. The van der Waals surface area contributed by atoms with E-state index in [0.717, 1.165) is 29.5 Å². The summed E-state index contributed by atoms with van der Waals surface area (Å²) in [6, 6.07) is 12.3. The molecule has 5 heteroatoms. The number of aryl methyl sites for hydroxylation is 1. The minimum Gasteiger partial charge on any atom is -0.310 e. The summed E-state index contributed by atoms with van der Waals surface area (Å²) in [5, 5.41) is 5.41. The molecule has 0 saturated carbocycles. The number of aromatic nitrogens is 1. The van der Waals surface area contributed by atoms with Gasteiger partial charge in [-0.2, -0.15) is 0 Å². The van der Waals surface area contributed by atoms with Gasteiger partial charge < -0.3 is 5.32 Å². The first-order valence-corrected chi connectivity index (χ1v) is 9.19. The Morgan fingerprint density at radius 2 is 1.95 bits per heavy atom. The SMILES string of the molecule is Cc1ccc(-c2cnc(CNCCc3ccccc3Cl)s2)s1. The van der Waals surface area contributed by atoms with Crippen LogP contribution in [-0.2, 0) is 13.0 Å². The van der Waals surface area contributed by atoms with Gasteiger partial charge in [0.25, 0.3) is 0 Å². The lowest BCUT2D eigenvalue weighted by atomic mass is 10.1. The predicted octanol–water partition coefficient (Wildman–Crippen LogP) is 5.17. The third-order valence-corrected chi connectivity index (χ3v) is 5.90. The smallest absolute Gasteiger partial charge is 0.107 e. The molecule has 0 aliphatic rings. The number of nitrogens with one attached hydrogen (secondary N) is 1. The molecule has 1 aromatic carbocycles. The van der Waals surface area contributed by atoms with Gasteiger partial charge in [-0.15, -0.1) is 22.7 Å². The van der Waals surface area contributed by atoms with Crippen molar-refractivity contribution in [2.45, 2.75) is 19.9 Å². The molecule has 0 spiro atoms. The summed E-state index contributed by atoms with van der Waals surface area (Å²) in [7, 11) is 0. The van der Waals surface area contributed by atoms with Gasteiger partial charge in [-0.25, -0.2) is 4.98 Å². The molecule has 0 unspecified atom stereocenters. The molecule has 0 fully saturated rings. The first kappa shape index (κ1) is 15.7. The highest BCUT2D eigenvalue weighted by Gasteiger charge is 2.06. The largest absolute Gasteiger partial charge is 0.310 e. The average Bonchev–Trinajstić information content (AvgIpc) is 3.14. The van der Waals surface area contributed by atoms with Crippen LogP contribution >= 0.6 is 34.3 Å². The number of benzene rings is 1.